The molecule has 25 heavy (non-hydrogen) atoms. The summed E-state index contributed by atoms with van der Waals surface area (Å²) in [5.74, 6) is 0.648. The maximum absolute atomic E-state index is 12.5. The summed E-state index contributed by atoms with van der Waals surface area (Å²) in [5.41, 5.74) is 2.98. The van der Waals surface area contributed by atoms with E-state index in [0.29, 0.717) is 47.0 Å². The quantitative estimate of drug-likeness (QED) is 0.813. The maximum atomic E-state index is 12.5. The van der Waals surface area contributed by atoms with Crippen LogP contribution in [0, 0.1) is 6.92 Å². The van der Waals surface area contributed by atoms with Crippen LogP contribution >= 0.6 is 0 Å². The lowest BCUT2D eigenvalue weighted by atomic mass is 10.1. The molecule has 2 heterocycles. The Morgan fingerprint density at radius 2 is 2.04 bits per heavy atom. The molecule has 1 aliphatic rings. The third-order valence-electron chi connectivity index (χ3n) is 4.19. The van der Waals surface area contributed by atoms with Gasteiger partial charge in [-0.1, -0.05) is 13.0 Å². The number of aromatic amines is 1. The van der Waals surface area contributed by atoms with Gasteiger partial charge >= 0.3 is 5.97 Å². The van der Waals surface area contributed by atoms with Crippen molar-refractivity contribution in [1.82, 2.24) is 10.3 Å². The van der Waals surface area contributed by atoms with Crippen molar-refractivity contribution in [2.45, 2.75) is 26.8 Å². The van der Waals surface area contributed by atoms with Crippen molar-refractivity contribution in [2.24, 2.45) is 0 Å². The highest BCUT2D eigenvalue weighted by molar-refractivity contribution is 6.00. The van der Waals surface area contributed by atoms with Crippen molar-refractivity contribution in [3.05, 3.63) is 46.3 Å². The topological polar surface area (TPSA) is 89.7 Å². The number of fused-ring (bicyclic) bond motifs is 1. The van der Waals surface area contributed by atoms with E-state index in [2.05, 4.69) is 10.3 Å². The van der Waals surface area contributed by atoms with Crippen molar-refractivity contribution in [1.29, 1.82) is 0 Å². The molecule has 0 spiro atoms. The van der Waals surface area contributed by atoms with Crippen LogP contribution in [0.25, 0.3) is 0 Å². The average molecular weight is 344 g/mol. The molecule has 2 aromatic rings. The monoisotopic (exact) mass is 344 g/mol. The molecule has 3 rings (SSSR count). The van der Waals surface area contributed by atoms with Crippen LogP contribution in [0.1, 0.15) is 44.6 Å². The number of nitrogens with one attached hydrogen (secondary N) is 2. The molecular weight excluding hydrogens is 324 g/mol. The van der Waals surface area contributed by atoms with Crippen molar-refractivity contribution in [3.8, 4) is 11.5 Å². The first-order chi connectivity index (χ1) is 12.0. The Morgan fingerprint density at radius 3 is 2.76 bits per heavy atom. The van der Waals surface area contributed by atoms with Gasteiger partial charge in [-0.05, 0) is 36.6 Å². The second-order valence-electron chi connectivity index (χ2n) is 5.69. The summed E-state index contributed by atoms with van der Waals surface area (Å²) in [7, 11) is 1.33. The molecule has 7 nitrogen and oxygen atoms in total. The van der Waals surface area contributed by atoms with Gasteiger partial charge in [-0.25, -0.2) is 4.79 Å². The molecule has 132 valence electrons. The average Bonchev–Trinajstić information content (AvgIpc) is 3.22. The Bertz CT molecular complexity index is 825. The number of aryl methyl sites for hydroxylation is 1. The Labute approximate surface area is 145 Å². The molecular formula is C18H20N2O5. The molecule has 1 aliphatic heterocycles. The van der Waals surface area contributed by atoms with Gasteiger partial charge in [0.05, 0.1) is 12.7 Å². The van der Waals surface area contributed by atoms with Gasteiger partial charge in [0.1, 0.15) is 5.69 Å². The summed E-state index contributed by atoms with van der Waals surface area (Å²) in [5, 5.41) is 2.85. The van der Waals surface area contributed by atoms with E-state index in [1.54, 1.807) is 6.92 Å². The number of rotatable bonds is 5. The van der Waals surface area contributed by atoms with Crippen LogP contribution in [0.15, 0.2) is 18.2 Å². The largest absolute Gasteiger partial charge is 0.465 e. The number of hydrogen-bond donors (Lipinski definition) is 2. The van der Waals surface area contributed by atoms with E-state index in [1.165, 1.54) is 7.11 Å². The van der Waals surface area contributed by atoms with Crippen LogP contribution in [0.4, 0.5) is 0 Å². The fraction of sp³-hybridized carbons (Fsp3) is 0.333. The highest BCUT2D eigenvalue weighted by Crippen LogP contribution is 2.32. The minimum atomic E-state index is -0.444. The zero-order valence-corrected chi connectivity index (χ0v) is 14.4. The number of benzene rings is 1. The molecule has 2 N–H and O–H groups in total. The Morgan fingerprint density at radius 1 is 1.28 bits per heavy atom. The molecule has 1 amide bonds. The molecule has 0 unspecified atom stereocenters. The zero-order chi connectivity index (χ0) is 18.0. The summed E-state index contributed by atoms with van der Waals surface area (Å²) in [4.78, 5) is 27.5. The third-order valence-corrected chi connectivity index (χ3v) is 4.19. The SMILES string of the molecule is CCc1[nH]c(C(=O)NCc2ccc3c(c2)OCO3)c(C)c1C(=O)OC. The van der Waals surface area contributed by atoms with Crippen molar-refractivity contribution in [3.63, 3.8) is 0 Å². The number of amides is 1. The number of esters is 1. The number of aromatic nitrogens is 1. The smallest absolute Gasteiger partial charge is 0.339 e. The molecule has 0 bridgehead atoms. The lowest BCUT2D eigenvalue weighted by molar-refractivity contribution is 0.0599. The van der Waals surface area contributed by atoms with E-state index < -0.39 is 5.97 Å². The molecule has 0 saturated heterocycles. The van der Waals surface area contributed by atoms with Crippen LogP contribution in [-0.4, -0.2) is 30.8 Å². The first kappa shape index (κ1) is 16.9. The predicted octanol–water partition coefficient (Wildman–Crippen LogP) is 2.33. The van der Waals surface area contributed by atoms with Gasteiger partial charge in [-0.2, -0.15) is 0 Å². The van der Waals surface area contributed by atoms with Gasteiger partial charge in [-0.15, -0.1) is 0 Å². The highest BCUT2D eigenvalue weighted by Gasteiger charge is 2.23. The van der Waals surface area contributed by atoms with Crippen molar-refractivity contribution >= 4 is 11.9 Å². The van der Waals surface area contributed by atoms with Crippen LogP contribution < -0.4 is 14.8 Å². The van der Waals surface area contributed by atoms with Gasteiger partial charge in [-0.3, -0.25) is 4.79 Å². The fourth-order valence-electron chi connectivity index (χ4n) is 2.85. The summed E-state index contributed by atoms with van der Waals surface area (Å²) in [6.07, 6.45) is 0.598. The Kier molecular flexibility index (Phi) is 4.65. The standard InChI is InChI=1S/C18H20N2O5/c1-4-12-15(18(22)23-3)10(2)16(20-12)17(21)19-8-11-5-6-13-14(7-11)25-9-24-13/h5-7,20H,4,8-9H2,1-3H3,(H,19,21). The maximum Gasteiger partial charge on any atom is 0.339 e. The first-order valence-electron chi connectivity index (χ1n) is 8.01. The first-order valence-corrected chi connectivity index (χ1v) is 8.01. The Balaban J connectivity index is 1.75. The predicted molar refractivity (Wildman–Crippen MR) is 90.0 cm³/mol. The molecule has 7 heteroatoms. The van der Waals surface area contributed by atoms with E-state index >= 15 is 0 Å². The summed E-state index contributed by atoms with van der Waals surface area (Å²) in [6, 6.07) is 5.52. The van der Waals surface area contributed by atoms with E-state index in [9.17, 15) is 9.59 Å². The van der Waals surface area contributed by atoms with Gasteiger partial charge in [0.15, 0.2) is 11.5 Å². The summed E-state index contributed by atoms with van der Waals surface area (Å²) < 4.78 is 15.4. The Hall–Kier alpha value is -2.96. The molecule has 0 aliphatic carbocycles. The van der Waals surface area contributed by atoms with E-state index in [0.717, 1.165) is 5.56 Å². The van der Waals surface area contributed by atoms with Gasteiger partial charge in [0.2, 0.25) is 6.79 Å². The molecule has 1 aromatic carbocycles. The number of methoxy groups -OCH3 is 1. The van der Waals surface area contributed by atoms with Crippen LogP contribution in [0.5, 0.6) is 11.5 Å². The van der Waals surface area contributed by atoms with Crippen LogP contribution in [-0.2, 0) is 17.7 Å². The summed E-state index contributed by atoms with van der Waals surface area (Å²) in [6.45, 7) is 4.19. The normalized spacial score (nSPS) is 12.1. The van der Waals surface area contributed by atoms with Gasteiger partial charge < -0.3 is 24.5 Å². The zero-order valence-electron chi connectivity index (χ0n) is 14.4. The lowest BCUT2D eigenvalue weighted by Gasteiger charge is -2.06. The minimum Gasteiger partial charge on any atom is -0.465 e. The number of carbonyl (C=O) groups excluding carboxylic acids is 2. The molecule has 0 fully saturated rings. The second-order valence-corrected chi connectivity index (χ2v) is 5.69. The van der Waals surface area contributed by atoms with Gasteiger partial charge in [0.25, 0.3) is 5.91 Å². The van der Waals surface area contributed by atoms with Crippen molar-refractivity contribution in [2.75, 3.05) is 13.9 Å². The molecule has 0 atom stereocenters. The summed E-state index contributed by atoms with van der Waals surface area (Å²) >= 11 is 0. The van der Waals surface area contributed by atoms with Crippen LogP contribution in [0.2, 0.25) is 0 Å². The van der Waals surface area contributed by atoms with Crippen LogP contribution in [0.3, 0.4) is 0 Å². The molecule has 0 radical (unpaired) electrons. The van der Waals surface area contributed by atoms with Gasteiger partial charge in [0, 0.05) is 12.2 Å². The molecule has 1 aromatic heterocycles. The number of ether oxygens (including phenoxy) is 3. The number of carbonyl (C=O) groups is 2. The fourth-order valence-corrected chi connectivity index (χ4v) is 2.85. The van der Waals surface area contributed by atoms with E-state index in [-0.39, 0.29) is 12.7 Å². The van der Waals surface area contributed by atoms with E-state index in [1.807, 2.05) is 25.1 Å². The minimum absolute atomic E-state index is 0.211. The van der Waals surface area contributed by atoms with E-state index in [4.69, 9.17) is 14.2 Å². The lowest BCUT2D eigenvalue weighted by Crippen LogP contribution is -2.24. The van der Waals surface area contributed by atoms with Crippen molar-refractivity contribution < 1.29 is 23.8 Å². The second kappa shape index (κ2) is 6.88. The number of H-pyrrole nitrogens is 1. The highest BCUT2D eigenvalue weighted by atomic mass is 16.7. The number of hydrogen-bond acceptors (Lipinski definition) is 5. The third kappa shape index (κ3) is 3.17. The molecule has 0 saturated carbocycles.